The van der Waals surface area contributed by atoms with Gasteiger partial charge in [-0.25, -0.2) is 4.79 Å². The van der Waals surface area contributed by atoms with Crippen LogP contribution in [0.2, 0.25) is 0 Å². The number of pyridine rings is 1. The standard InChI is InChI=1S/C12H15N3O3/c16-11(15-7-2-4-13-6-8-15)10-9(12(17)18)3-1-5-14-10/h1,3,5,13H,2,4,6-8H2,(H,17,18). The molecular formula is C12H15N3O3. The van der Waals surface area contributed by atoms with Crippen molar-refractivity contribution in [2.75, 3.05) is 26.2 Å². The Labute approximate surface area is 105 Å². The molecule has 0 aliphatic carbocycles. The van der Waals surface area contributed by atoms with E-state index in [1.165, 1.54) is 18.3 Å². The summed E-state index contributed by atoms with van der Waals surface area (Å²) in [5.41, 5.74) is -0.0217. The van der Waals surface area contributed by atoms with Gasteiger partial charge in [0.15, 0.2) is 0 Å². The third-order valence-corrected chi connectivity index (χ3v) is 2.87. The highest BCUT2D eigenvalue weighted by Gasteiger charge is 2.23. The van der Waals surface area contributed by atoms with Crippen LogP contribution in [0.4, 0.5) is 0 Å². The first kappa shape index (κ1) is 12.5. The molecule has 0 aromatic carbocycles. The summed E-state index contributed by atoms with van der Waals surface area (Å²) < 4.78 is 0. The largest absolute Gasteiger partial charge is 0.478 e. The van der Waals surface area contributed by atoms with Crippen LogP contribution in [0.25, 0.3) is 0 Å². The van der Waals surface area contributed by atoms with Gasteiger partial charge in [0.2, 0.25) is 0 Å². The van der Waals surface area contributed by atoms with Crippen molar-refractivity contribution in [1.29, 1.82) is 0 Å². The summed E-state index contributed by atoms with van der Waals surface area (Å²) in [6.07, 6.45) is 2.30. The molecule has 0 spiro atoms. The zero-order chi connectivity index (χ0) is 13.0. The number of carbonyl (C=O) groups excluding carboxylic acids is 1. The van der Waals surface area contributed by atoms with Crippen molar-refractivity contribution < 1.29 is 14.7 Å². The number of aromatic carboxylic acids is 1. The molecular weight excluding hydrogens is 234 g/mol. The Morgan fingerprint density at radius 1 is 1.33 bits per heavy atom. The topological polar surface area (TPSA) is 82.5 Å². The van der Waals surface area contributed by atoms with Gasteiger partial charge in [0.05, 0.1) is 5.56 Å². The maximum Gasteiger partial charge on any atom is 0.338 e. The lowest BCUT2D eigenvalue weighted by molar-refractivity contribution is 0.0674. The Balaban J connectivity index is 2.24. The molecule has 0 saturated carbocycles. The van der Waals surface area contributed by atoms with Gasteiger partial charge in [-0.1, -0.05) is 0 Å². The summed E-state index contributed by atoms with van der Waals surface area (Å²) in [5, 5.41) is 12.2. The number of rotatable bonds is 2. The minimum Gasteiger partial charge on any atom is -0.478 e. The number of amides is 1. The van der Waals surface area contributed by atoms with Crippen LogP contribution in [-0.2, 0) is 0 Å². The van der Waals surface area contributed by atoms with Crippen LogP contribution < -0.4 is 5.32 Å². The van der Waals surface area contributed by atoms with Gasteiger partial charge < -0.3 is 15.3 Å². The highest BCUT2D eigenvalue weighted by molar-refractivity contribution is 6.03. The van der Waals surface area contributed by atoms with Gasteiger partial charge in [0.25, 0.3) is 5.91 Å². The second-order valence-electron chi connectivity index (χ2n) is 4.10. The normalized spacial score (nSPS) is 16.1. The molecule has 1 fully saturated rings. The van der Waals surface area contributed by atoms with E-state index in [0.717, 1.165) is 19.5 Å². The predicted octanol–water partition coefficient (Wildman–Crippen LogP) is 0.215. The molecule has 2 rings (SSSR count). The molecule has 1 aliphatic rings. The lowest BCUT2D eigenvalue weighted by Gasteiger charge is -2.20. The Hall–Kier alpha value is -1.95. The fraction of sp³-hybridized carbons (Fsp3) is 0.417. The molecule has 1 saturated heterocycles. The van der Waals surface area contributed by atoms with Gasteiger partial charge in [-0.05, 0) is 25.1 Å². The zero-order valence-corrected chi connectivity index (χ0v) is 9.93. The summed E-state index contributed by atoms with van der Waals surface area (Å²) in [4.78, 5) is 28.9. The zero-order valence-electron chi connectivity index (χ0n) is 9.93. The molecule has 6 nitrogen and oxygen atoms in total. The molecule has 18 heavy (non-hydrogen) atoms. The van der Waals surface area contributed by atoms with Gasteiger partial charge in [-0.2, -0.15) is 0 Å². The van der Waals surface area contributed by atoms with E-state index in [9.17, 15) is 9.59 Å². The number of hydrogen-bond acceptors (Lipinski definition) is 4. The summed E-state index contributed by atoms with van der Waals surface area (Å²) >= 11 is 0. The number of carbonyl (C=O) groups is 2. The van der Waals surface area contributed by atoms with Crippen molar-refractivity contribution in [1.82, 2.24) is 15.2 Å². The molecule has 1 aromatic heterocycles. The maximum absolute atomic E-state index is 12.3. The third kappa shape index (κ3) is 2.65. The van der Waals surface area contributed by atoms with Crippen LogP contribution in [0, 0.1) is 0 Å². The summed E-state index contributed by atoms with van der Waals surface area (Å²) in [7, 11) is 0. The average molecular weight is 249 g/mol. The van der Waals surface area contributed by atoms with Gasteiger partial charge in [0, 0.05) is 25.8 Å². The molecule has 2 heterocycles. The quantitative estimate of drug-likeness (QED) is 0.783. The molecule has 1 aromatic rings. The second kappa shape index (κ2) is 5.59. The number of nitrogens with zero attached hydrogens (tertiary/aromatic N) is 2. The third-order valence-electron chi connectivity index (χ3n) is 2.87. The monoisotopic (exact) mass is 249 g/mol. The minimum absolute atomic E-state index is 0.0203. The molecule has 0 atom stereocenters. The highest BCUT2D eigenvalue weighted by atomic mass is 16.4. The Kier molecular flexibility index (Phi) is 3.88. The van der Waals surface area contributed by atoms with Gasteiger partial charge in [-0.3, -0.25) is 9.78 Å². The molecule has 1 aliphatic heterocycles. The molecule has 0 bridgehead atoms. The fourth-order valence-corrected chi connectivity index (χ4v) is 1.95. The fourth-order valence-electron chi connectivity index (χ4n) is 1.95. The van der Waals surface area contributed by atoms with Crippen LogP contribution in [0.3, 0.4) is 0 Å². The predicted molar refractivity (Wildman–Crippen MR) is 64.6 cm³/mol. The Bertz CT molecular complexity index is 454. The van der Waals surface area contributed by atoms with Crippen molar-refractivity contribution in [3.05, 3.63) is 29.6 Å². The van der Waals surface area contributed by atoms with E-state index in [0.29, 0.717) is 13.1 Å². The van der Waals surface area contributed by atoms with Crippen LogP contribution in [-0.4, -0.2) is 53.0 Å². The van der Waals surface area contributed by atoms with E-state index in [1.54, 1.807) is 4.90 Å². The van der Waals surface area contributed by atoms with Gasteiger partial charge >= 0.3 is 5.97 Å². The number of carboxylic acid groups (broad SMARTS) is 1. The summed E-state index contributed by atoms with van der Waals surface area (Å²) in [5.74, 6) is -1.43. The molecule has 6 heteroatoms. The van der Waals surface area contributed by atoms with E-state index < -0.39 is 5.97 Å². The molecule has 2 N–H and O–H groups in total. The van der Waals surface area contributed by atoms with Crippen LogP contribution >= 0.6 is 0 Å². The first-order valence-corrected chi connectivity index (χ1v) is 5.88. The first-order valence-electron chi connectivity index (χ1n) is 5.88. The smallest absolute Gasteiger partial charge is 0.338 e. The van der Waals surface area contributed by atoms with Crippen molar-refractivity contribution in [2.24, 2.45) is 0 Å². The van der Waals surface area contributed by atoms with E-state index in [1.807, 2.05) is 0 Å². The highest BCUT2D eigenvalue weighted by Crippen LogP contribution is 2.10. The number of aromatic nitrogens is 1. The lowest BCUT2D eigenvalue weighted by Crippen LogP contribution is -2.35. The number of hydrogen-bond donors (Lipinski definition) is 2. The molecule has 96 valence electrons. The van der Waals surface area contributed by atoms with E-state index in [2.05, 4.69) is 10.3 Å². The van der Waals surface area contributed by atoms with Gasteiger partial charge in [0.1, 0.15) is 5.69 Å². The minimum atomic E-state index is -1.13. The van der Waals surface area contributed by atoms with Gasteiger partial charge in [-0.15, -0.1) is 0 Å². The Morgan fingerprint density at radius 2 is 2.17 bits per heavy atom. The van der Waals surface area contributed by atoms with Crippen molar-refractivity contribution in [3.8, 4) is 0 Å². The maximum atomic E-state index is 12.3. The number of nitrogens with one attached hydrogen (secondary N) is 1. The molecule has 0 radical (unpaired) electrons. The van der Waals surface area contributed by atoms with Crippen molar-refractivity contribution in [2.45, 2.75) is 6.42 Å². The lowest BCUT2D eigenvalue weighted by atomic mass is 10.1. The second-order valence-corrected chi connectivity index (χ2v) is 4.10. The SMILES string of the molecule is O=C(O)c1cccnc1C(=O)N1CCCNCC1. The Morgan fingerprint density at radius 3 is 2.94 bits per heavy atom. The van der Waals surface area contributed by atoms with E-state index in [4.69, 9.17) is 5.11 Å². The first-order chi connectivity index (χ1) is 8.70. The summed E-state index contributed by atoms with van der Waals surface area (Å²) in [6, 6.07) is 2.92. The average Bonchev–Trinajstić information content (AvgIpc) is 2.66. The molecule has 0 unspecified atom stereocenters. The van der Waals surface area contributed by atoms with E-state index in [-0.39, 0.29) is 17.2 Å². The summed E-state index contributed by atoms with van der Waals surface area (Å²) in [6.45, 7) is 2.80. The van der Waals surface area contributed by atoms with Crippen molar-refractivity contribution >= 4 is 11.9 Å². The van der Waals surface area contributed by atoms with Crippen LogP contribution in [0.5, 0.6) is 0 Å². The van der Waals surface area contributed by atoms with Crippen LogP contribution in [0.1, 0.15) is 27.3 Å². The van der Waals surface area contributed by atoms with E-state index >= 15 is 0 Å². The van der Waals surface area contributed by atoms with Crippen molar-refractivity contribution in [3.63, 3.8) is 0 Å². The molecule has 1 amide bonds. The van der Waals surface area contributed by atoms with Crippen LogP contribution in [0.15, 0.2) is 18.3 Å². The number of carboxylic acids is 1.